The molecule has 0 radical (unpaired) electrons. The molecule has 1 aromatic carbocycles. The monoisotopic (exact) mass is 261 g/mol. The molecule has 2 nitrogen and oxygen atoms in total. The van der Waals surface area contributed by atoms with Crippen LogP contribution in [0.1, 0.15) is 17.9 Å². The topological polar surface area (TPSA) is 43.1 Å². The van der Waals surface area contributed by atoms with Crippen LogP contribution in [0, 0.1) is 0 Å². The average Bonchev–Trinajstić information content (AvgIpc) is 2.08. The van der Waals surface area contributed by atoms with Gasteiger partial charge >= 0.3 is 0 Å². The van der Waals surface area contributed by atoms with Crippen LogP contribution >= 0.6 is 27.5 Å². The van der Waals surface area contributed by atoms with E-state index in [4.69, 9.17) is 17.3 Å². The fraction of sp³-hybridized carbons (Fsp3) is 0.222. The third kappa shape index (κ3) is 2.45. The van der Waals surface area contributed by atoms with Crippen LogP contribution in [0.4, 0.5) is 5.69 Å². The number of nitrogen functional groups attached to an aromatic ring is 1. The lowest BCUT2D eigenvalue weighted by Crippen LogP contribution is -2.01. The molecule has 0 bridgehead atoms. The smallest absolute Gasteiger partial charge is 0.152 e. The van der Waals surface area contributed by atoms with Crippen LogP contribution in [-0.4, -0.2) is 5.78 Å². The minimum atomic E-state index is -0.586. The number of carbonyl (C=O) groups is 1. The zero-order chi connectivity index (χ0) is 10.0. The van der Waals surface area contributed by atoms with E-state index >= 15 is 0 Å². The van der Waals surface area contributed by atoms with Crippen LogP contribution in [0.3, 0.4) is 0 Å². The molecule has 0 aliphatic carbocycles. The molecular weight excluding hydrogens is 253 g/mol. The Morgan fingerprint density at radius 1 is 1.62 bits per heavy atom. The lowest BCUT2D eigenvalue weighted by Gasteiger charge is -2.07. The number of anilines is 1. The van der Waals surface area contributed by atoms with E-state index in [-0.39, 0.29) is 5.78 Å². The molecule has 0 saturated heterocycles. The van der Waals surface area contributed by atoms with Gasteiger partial charge in [0, 0.05) is 10.2 Å². The third-order valence-electron chi connectivity index (χ3n) is 1.67. The molecule has 1 aromatic rings. The summed E-state index contributed by atoms with van der Waals surface area (Å²) < 4.78 is 0.761. The Balaban J connectivity index is 3.03. The van der Waals surface area contributed by atoms with Gasteiger partial charge in [-0.3, -0.25) is 4.79 Å². The van der Waals surface area contributed by atoms with Crippen LogP contribution in [0.15, 0.2) is 22.7 Å². The van der Waals surface area contributed by atoms with Crippen molar-refractivity contribution in [3.8, 4) is 0 Å². The number of hydrogen-bond donors (Lipinski definition) is 1. The van der Waals surface area contributed by atoms with Crippen LogP contribution in [0.2, 0.25) is 0 Å². The van der Waals surface area contributed by atoms with Gasteiger partial charge in [-0.2, -0.15) is 0 Å². The van der Waals surface area contributed by atoms with Gasteiger partial charge in [0.05, 0.1) is 0 Å². The van der Waals surface area contributed by atoms with Gasteiger partial charge in [0.1, 0.15) is 5.38 Å². The second kappa shape index (κ2) is 4.11. The molecule has 0 amide bonds. The summed E-state index contributed by atoms with van der Waals surface area (Å²) in [5, 5.41) is -0.586. The lowest BCUT2D eigenvalue weighted by atomic mass is 10.1. The molecule has 1 atom stereocenters. The zero-order valence-electron chi connectivity index (χ0n) is 7.05. The molecule has 0 saturated carbocycles. The van der Waals surface area contributed by atoms with Gasteiger partial charge in [-0.05, 0) is 40.5 Å². The van der Waals surface area contributed by atoms with Crippen molar-refractivity contribution in [3.63, 3.8) is 0 Å². The number of alkyl halides is 1. The highest BCUT2D eigenvalue weighted by Crippen LogP contribution is 2.27. The minimum Gasteiger partial charge on any atom is -0.398 e. The first-order chi connectivity index (χ1) is 6.02. The maximum Gasteiger partial charge on any atom is 0.152 e. The Morgan fingerprint density at radius 3 is 2.69 bits per heavy atom. The van der Waals surface area contributed by atoms with Gasteiger partial charge in [0.25, 0.3) is 0 Å². The number of nitrogens with two attached hydrogens (primary N) is 1. The van der Waals surface area contributed by atoms with Crippen LogP contribution in [-0.2, 0) is 4.79 Å². The summed E-state index contributed by atoms with van der Waals surface area (Å²) in [6, 6.07) is 5.23. The summed E-state index contributed by atoms with van der Waals surface area (Å²) >= 11 is 9.12. The van der Waals surface area contributed by atoms with Gasteiger partial charge in [-0.1, -0.05) is 6.07 Å². The molecule has 0 heterocycles. The van der Waals surface area contributed by atoms with E-state index in [1.165, 1.54) is 6.92 Å². The molecule has 0 fully saturated rings. The highest BCUT2D eigenvalue weighted by Gasteiger charge is 2.13. The van der Waals surface area contributed by atoms with E-state index in [9.17, 15) is 4.79 Å². The average molecular weight is 263 g/mol. The standard InChI is InChI=1S/C9H9BrClNO/c1-5(13)9(11)6-2-3-8(12)7(10)4-6/h2-4,9H,12H2,1H3. The minimum absolute atomic E-state index is 0.0710. The number of halogens is 2. The molecule has 4 heteroatoms. The Bertz CT molecular complexity index is 340. The molecular formula is C9H9BrClNO. The first-order valence-corrected chi connectivity index (χ1v) is 4.94. The number of benzene rings is 1. The fourth-order valence-corrected chi connectivity index (χ4v) is 1.47. The van der Waals surface area contributed by atoms with Crippen molar-refractivity contribution in [1.29, 1.82) is 0 Å². The van der Waals surface area contributed by atoms with Gasteiger partial charge < -0.3 is 5.73 Å². The van der Waals surface area contributed by atoms with Gasteiger partial charge in [-0.25, -0.2) is 0 Å². The second-order valence-electron chi connectivity index (χ2n) is 2.75. The molecule has 1 unspecified atom stereocenters. The van der Waals surface area contributed by atoms with Crippen LogP contribution < -0.4 is 5.73 Å². The number of carbonyl (C=O) groups excluding carboxylic acids is 1. The largest absolute Gasteiger partial charge is 0.398 e. The number of rotatable bonds is 2. The van der Waals surface area contributed by atoms with Gasteiger partial charge in [0.2, 0.25) is 0 Å². The van der Waals surface area contributed by atoms with E-state index in [2.05, 4.69) is 15.9 Å². The number of hydrogen-bond acceptors (Lipinski definition) is 2. The van der Waals surface area contributed by atoms with Crippen LogP contribution in [0.5, 0.6) is 0 Å². The fourth-order valence-electron chi connectivity index (χ4n) is 0.936. The van der Waals surface area contributed by atoms with E-state index < -0.39 is 5.38 Å². The Morgan fingerprint density at radius 2 is 2.23 bits per heavy atom. The molecule has 0 aliphatic heterocycles. The Hall–Kier alpha value is -0.540. The van der Waals surface area contributed by atoms with E-state index in [1.54, 1.807) is 18.2 Å². The first kappa shape index (κ1) is 10.5. The highest BCUT2D eigenvalue weighted by atomic mass is 79.9. The summed E-state index contributed by atoms with van der Waals surface area (Å²) in [5.74, 6) is -0.0710. The summed E-state index contributed by atoms with van der Waals surface area (Å²) in [6.07, 6.45) is 0. The number of ketones is 1. The molecule has 70 valence electrons. The predicted octanol–water partition coefficient (Wildman–Crippen LogP) is 2.90. The van der Waals surface area contributed by atoms with Crippen molar-refractivity contribution in [2.75, 3.05) is 5.73 Å². The van der Waals surface area contributed by atoms with Crippen molar-refractivity contribution in [2.45, 2.75) is 12.3 Å². The Kier molecular flexibility index (Phi) is 3.33. The van der Waals surface area contributed by atoms with Gasteiger partial charge in [0.15, 0.2) is 5.78 Å². The van der Waals surface area contributed by atoms with Crippen molar-refractivity contribution in [1.82, 2.24) is 0 Å². The maximum atomic E-state index is 11.0. The lowest BCUT2D eigenvalue weighted by molar-refractivity contribution is -0.116. The zero-order valence-corrected chi connectivity index (χ0v) is 9.39. The van der Waals surface area contributed by atoms with E-state index in [0.29, 0.717) is 5.69 Å². The molecule has 0 aromatic heterocycles. The third-order valence-corrected chi connectivity index (χ3v) is 2.92. The summed E-state index contributed by atoms with van der Waals surface area (Å²) in [4.78, 5) is 11.0. The maximum absolute atomic E-state index is 11.0. The van der Waals surface area contributed by atoms with Gasteiger partial charge in [-0.15, -0.1) is 11.6 Å². The SMILES string of the molecule is CC(=O)C(Cl)c1ccc(N)c(Br)c1. The highest BCUT2D eigenvalue weighted by molar-refractivity contribution is 9.10. The van der Waals surface area contributed by atoms with Crippen molar-refractivity contribution < 1.29 is 4.79 Å². The van der Waals surface area contributed by atoms with Crippen molar-refractivity contribution >= 4 is 39.0 Å². The quantitative estimate of drug-likeness (QED) is 0.658. The van der Waals surface area contributed by atoms with Crippen LogP contribution in [0.25, 0.3) is 0 Å². The summed E-state index contributed by atoms with van der Waals surface area (Å²) in [6.45, 7) is 1.46. The molecule has 0 spiro atoms. The molecule has 0 aliphatic rings. The summed E-state index contributed by atoms with van der Waals surface area (Å²) in [7, 11) is 0. The molecule has 2 N–H and O–H groups in total. The first-order valence-electron chi connectivity index (χ1n) is 3.72. The van der Waals surface area contributed by atoms with Crippen molar-refractivity contribution in [3.05, 3.63) is 28.2 Å². The molecule has 1 rings (SSSR count). The Labute approximate surface area is 90.2 Å². The number of Topliss-reactive ketones (excluding diaryl/α,β-unsaturated/α-hetero) is 1. The second-order valence-corrected chi connectivity index (χ2v) is 4.04. The van der Waals surface area contributed by atoms with E-state index in [1.807, 2.05) is 0 Å². The van der Waals surface area contributed by atoms with E-state index in [0.717, 1.165) is 10.0 Å². The summed E-state index contributed by atoms with van der Waals surface area (Å²) in [5.41, 5.74) is 6.98. The molecule has 13 heavy (non-hydrogen) atoms. The predicted molar refractivity (Wildman–Crippen MR) is 57.8 cm³/mol. The normalized spacial score (nSPS) is 12.5. The van der Waals surface area contributed by atoms with Crippen molar-refractivity contribution in [2.24, 2.45) is 0 Å².